The molecule has 2 saturated carbocycles. The van der Waals surface area contributed by atoms with Crippen LogP contribution in [0.5, 0.6) is 0 Å². The summed E-state index contributed by atoms with van der Waals surface area (Å²) in [6, 6.07) is 3.06. The van der Waals surface area contributed by atoms with E-state index in [1.165, 1.54) is 37.5 Å². The van der Waals surface area contributed by atoms with E-state index >= 15 is 0 Å². The van der Waals surface area contributed by atoms with Gasteiger partial charge in [0.2, 0.25) is 5.91 Å². The highest BCUT2D eigenvalue weighted by atomic mass is 79.9. The van der Waals surface area contributed by atoms with Crippen molar-refractivity contribution in [2.75, 3.05) is 13.7 Å². The van der Waals surface area contributed by atoms with Gasteiger partial charge in [-0.25, -0.2) is 9.59 Å². The Morgan fingerprint density at radius 2 is 1.73 bits per heavy atom. The van der Waals surface area contributed by atoms with Crippen molar-refractivity contribution >= 4 is 44.0 Å². The zero-order valence-electron chi connectivity index (χ0n) is 22.6. The van der Waals surface area contributed by atoms with Crippen LogP contribution >= 0.6 is 15.9 Å². The van der Waals surface area contributed by atoms with Crippen molar-refractivity contribution in [1.29, 1.82) is 0 Å². The number of likely N-dealkylation sites (tertiary alicyclic amines) is 1. The largest absolute Gasteiger partial charge is 0.467 e. The van der Waals surface area contributed by atoms with Crippen LogP contribution < -0.4 is 10.6 Å². The van der Waals surface area contributed by atoms with Crippen molar-refractivity contribution in [2.24, 2.45) is 11.8 Å². The van der Waals surface area contributed by atoms with E-state index in [1.807, 2.05) is 0 Å². The Bertz CT molecular complexity index is 1190. The van der Waals surface area contributed by atoms with E-state index in [9.17, 15) is 27.9 Å². The van der Waals surface area contributed by atoms with Crippen LogP contribution in [0.3, 0.4) is 0 Å². The van der Waals surface area contributed by atoms with Gasteiger partial charge in [-0.15, -0.1) is 0 Å². The molecule has 1 aromatic carbocycles. The van der Waals surface area contributed by atoms with Crippen LogP contribution in [0.25, 0.3) is 0 Å². The monoisotopic (exact) mass is 645 g/mol. The zero-order chi connectivity index (χ0) is 29.2. The fourth-order valence-electron chi connectivity index (χ4n) is 5.53. The molecule has 3 fully saturated rings. The van der Waals surface area contributed by atoms with Crippen molar-refractivity contribution < 1.29 is 41.6 Å². The highest BCUT2D eigenvalue weighted by Gasteiger charge is 2.48. The molecule has 3 aliphatic rings. The first kappa shape index (κ1) is 30.7. The van der Waals surface area contributed by atoms with Crippen LogP contribution in [-0.2, 0) is 33.4 Å². The topological polar surface area (TPSA) is 161 Å². The fourth-order valence-corrected chi connectivity index (χ4v) is 6.88. The van der Waals surface area contributed by atoms with Gasteiger partial charge < -0.3 is 25.2 Å². The number of rotatable bonds is 11. The lowest BCUT2D eigenvalue weighted by Gasteiger charge is -2.34. The van der Waals surface area contributed by atoms with E-state index in [-0.39, 0.29) is 24.0 Å². The number of esters is 1. The number of carbonyl (C=O) groups is 3. The van der Waals surface area contributed by atoms with Gasteiger partial charge >= 0.3 is 12.1 Å². The number of nitrogens with one attached hydrogen (secondary N) is 2. The van der Waals surface area contributed by atoms with E-state index in [0.717, 1.165) is 12.8 Å². The lowest BCUT2D eigenvalue weighted by Crippen LogP contribution is -2.57. The lowest BCUT2D eigenvalue weighted by molar-refractivity contribution is -0.145. The highest BCUT2D eigenvalue weighted by molar-refractivity contribution is 9.10. The Hall–Kier alpha value is -2.26. The summed E-state index contributed by atoms with van der Waals surface area (Å²) in [6.07, 6.45) is -0.0638. The Morgan fingerprint density at radius 3 is 2.33 bits per heavy atom. The first-order valence-corrected chi connectivity index (χ1v) is 15.6. The van der Waals surface area contributed by atoms with Crippen LogP contribution in [0.2, 0.25) is 0 Å². The van der Waals surface area contributed by atoms with Gasteiger partial charge in [0.05, 0.1) is 30.2 Å². The second kappa shape index (κ2) is 12.7. The van der Waals surface area contributed by atoms with Gasteiger partial charge in [0.25, 0.3) is 10.1 Å². The molecule has 2 amide bonds. The maximum atomic E-state index is 13.2. The molecule has 1 aliphatic heterocycles. The van der Waals surface area contributed by atoms with Crippen LogP contribution in [0.15, 0.2) is 33.6 Å². The predicted molar refractivity (Wildman–Crippen MR) is 145 cm³/mol. The molecular formula is C26H36BrN3O9S. The number of nitrogens with zero attached hydrogens (tertiary/aromatic N) is 1. The highest BCUT2D eigenvalue weighted by Crippen LogP contribution is 2.52. The average Bonchev–Trinajstić information content (AvgIpc) is 3.30. The van der Waals surface area contributed by atoms with E-state index in [2.05, 4.69) is 31.3 Å². The number of carbonyl (C=O) groups excluding carboxylic acids is 3. The minimum Gasteiger partial charge on any atom is -0.467 e. The van der Waals surface area contributed by atoms with Crippen LogP contribution in [0.1, 0.15) is 46.0 Å². The molecule has 222 valence electrons. The number of halogens is 1. The summed E-state index contributed by atoms with van der Waals surface area (Å²) in [5, 5.41) is 16.6. The van der Waals surface area contributed by atoms with E-state index in [1.54, 1.807) is 19.1 Å². The van der Waals surface area contributed by atoms with Gasteiger partial charge in [-0.2, -0.15) is 8.42 Å². The number of aliphatic hydroxyl groups is 1. The molecule has 4 rings (SSSR count). The molecule has 0 spiro atoms. The first-order chi connectivity index (χ1) is 18.9. The molecule has 14 heteroatoms. The Balaban J connectivity index is 1.46. The van der Waals surface area contributed by atoms with Crippen molar-refractivity contribution in [3.63, 3.8) is 0 Å². The zero-order valence-corrected chi connectivity index (χ0v) is 25.0. The molecule has 0 radical (unpaired) electrons. The summed E-state index contributed by atoms with van der Waals surface area (Å²) < 4.78 is 42.3. The summed E-state index contributed by atoms with van der Waals surface area (Å²) in [4.78, 5) is 39.0. The molecule has 1 saturated heterocycles. The smallest absolute Gasteiger partial charge is 0.407 e. The van der Waals surface area contributed by atoms with Crippen LogP contribution in [0, 0.1) is 11.8 Å². The summed E-state index contributed by atoms with van der Waals surface area (Å²) in [5.74, 6) is -0.0179. The quantitative estimate of drug-likeness (QED) is 0.239. The van der Waals surface area contributed by atoms with E-state index in [4.69, 9.17) is 8.92 Å². The molecule has 40 heavy (non-hydrogen) atoms. The van der Waals surface area contributed by atoms with Gasteiger partial charge in [-0.1, -0.05) is 22.9 Å². The molecule has 1 heterocycles. The number of fused-ring (bicyclic) bond motifs is 1. The Labute approximate surface area is 242 Å². The lowest BCUT2D eigenvalue weighted by atomic mass is 10.1. The fraction of sp³-hybridized carbons (Fsp3) is 0.654. The third-order valence-corrected chi connectivity index (χ3v) is 9.70. The van der Waals surface area contributed by atoms with Crippen LogP contribution in [-0.4, -0.2) is 86.6 Å². The number of alkyl carbamates (subject to hydrolysis) is 1. The standard InChI is InChI=1S/C26H36BrN3O9S/c1-4-21(29-26(34)38-18-10-15-9-16(15)11-18)24(32)30-13-19(12-22(30)23(31)28-14(2)25(33)37-3)39-40(35,36)20-7-5-17(27)6-8-20/h5-8,14-16,18-19,21-22,24,32H,4,9-13H2,1-3H3,(H,28,31)(H,29,34)/t14?,15-,16+,18?,19-,21-,22-,24?/m0/s1. The number of methoxy groups -OCH3 is 1. The molecule has 3 unspecified atom stereocenters. The molecule has 3 N–H and O–H groups in total. The average molecular weight is 647 g/mol. The van der Waals surface area contributed by atoms with Crippen molar-refractivity contribution in [3.8, 4) is 0 Å². The second-order valence-corrected chi connectivity index (χ2v) is 13.1. The number of amides is 2. The first-order valence-electron chi connectivity index (χ1n) is 13.4. The number of aliphatic hydroxyl groups excluding tert-OH is 1. The summed E-state index contributed by atoms with van der Waals surface area (Å²) in [5.41, 5.74) is 0. The molecule has 1 aromatic rings. The third-order valence-electron chi connectivity index (χ3n) is 7.80. The summed E-state index contributed by atoms with van der Waals surface area (Å²) >= 11 is 3.26. The molecule has 2 aliphatic carbocycles. The van der Waals surface area contributed by atoms with Crippen molar-refractivity contribution in [1.82, 2.24) is 15.5 Å². The van der Waals surface area contributed by atoms with Gasteiger partial charge in [0, 0.05) is 17.4 Å². The maximum absolute atomic E-state index is 13.2. The van der Waals surface area contributed by atoms with Crippen LogP contribution in [0.4, 0.5) is 4.79 Å². The Morgan fingerprint density at radius 1 is 1.07 bits per heavy atom. The minimum atomic E-state index is -4.18. The predicted octanol–water partition coefficient (Wildman–Crippen LogP) is 1.90. The number of hydrogen-bond acceptors (Lipinski definition) is 10. The number of hydrogen-bond donors (Lipinski definition) is 3. The molecule has 0 aromatic heterocycles. The van der Waals surface area contributed by atoms with Crippen molar-refractivity contribution in [3.05, 3.63) is 28.7 Å². The number of ether oxygens (including phenoxy) is 2. The summed E-state index contributed by atoms with van der Waals surface area (Å²) in [7, 11) is -2.99. The van der Waals surface area contributed by atoms with E-state index < -0.39 is 58.5 Å². The van der Waals surface area contributed by atoms with Gasteiger partial charge in [0.1, 0.15) is 18.4 Å². The van der Waals surface area contributed by atoms with Crippen molar-refractivity contribution in [2.45, 2.75) is 87.4 Å². The minimum absolute atomic E-state index is 0.0598. The van der Waals surface area contributed by atoms with Gasteiger partial charge in [-0.3, -0.25) is 13.9 Å². The molecule has 12 nitrogen and oxygen atoms in total. The summed E-state index contributed by atoms with van der Waals surface area (Å²) in [6.45, 7) is 3.08. The Kier molecular flexibility index (Phi) is 9.76. The van der Waals surface area contributed by atoms with E-state index in [0.29, 0.717) is 22.7 Å². The third kappa shape index (κ3) is 7.32. The second-order valence-electron chi connectivity index (χ2n) is 10.7. The van der Waals surface area contributed by atoms with Gasteiger partial charge in [0.15, 0.2) is 0 Å². The molecule has 0 bridgehead atoms. The number of benzene rings is 1. The van der Waals surface area contributed by atoms with Gasteiger partial charge in [-0.05, 0) is 68.7 Å². The normalized spacial score (nSPS) is 28.2. The molecular weight excluding hydrogens is 610 g/mol. The molecule has 8 atom stereocenters. The SMILES string of the molecule is CC[C@H](NC(=O)OC1C[C@@H]2C[C@@H]2C1)C(O)N1C[C@@H](OS(=O)(=O)c2ccc(Br)cc2)C[C@H]1C(=O)NC(C)C(=O)OC. The maximum Gasteiger partial charge on any atom is 0.407 e.